The van der Waals surface area contributed by atoms with Crippen LogP contribution >= 0.6 is 15.9 Å². The first-order valence-electron chi connectivity index (χ1n) is 6.66. The third-order valence-corrected chi connectivity index (χ3v) is 3.61. The molecule has 3 rings (SSSR count). The van der Waals surface area contributed by atoms with Crippen LogP contribution in [0, 0.1) is 0 Å². The van der Waals surface area contributed by atoms with Gasteiger partial charge in [-0.25, -0.2) is 0 Å². The average molecular weight is 378 g/mol. The fourth-order valence-electron chi connectivity index (χ4n) is 2.06. The van der Waals surface area contributed by atoms with Gasteiger partial charge in [-0.05, 0) is 47.1 Å². The summed E-state index contributed by atoms with van der Waals surface area (Å²) in [5.41, 5.74) is -0.143. The SMILES string of the molecule is CC(Oc1c(-c2ccc(Br)o2)oc2ccccc2c1=O)C(=O)[O-]. The number of halogens is 1. The lowest BCUT2D eigenvalue weighted by Crippen LogP contribution is -2.38. The first-order chi connectivity index (χ1) is 11.0. The van der Waals surface area contributed by atoms with Gasteiger partial charge in [0.25, 0.3) is 0 Å². The molecule has 0 saturated carbocycles. The van der Waals surface area contributed by atoms with Crippen molar-refractivity contribution in [1.82, 2.24) is 0 Å². The summed E-state index contributed by atoms with van der Waals surface area (Å²) < 4.78 is 16.8. The number of hydrogen-bond donors (Lipinski definition) is 0. The largest absolute Gasteiger partial charge is 0.546 e. The van der Waals surface area contributed by atoms with E-state index in [0.29, 0.717) is 10.3 Å². The first-order valence-corrected chi connectivity index (χ1v) is 7.45. The number of rotatable bonds is 4. The van der Waals surface area contributed by atoms with Crippen LogP contribution in [-0.4, -0.2) is 12.1 Å². The zero-order valence-corrected chi connectivity index (χ0v) is 13.5. The van der Waals surface area contributed by atoms with E-state index in [2.05, 4.69) is 15.9 Å². The van der Waals surface area contributed by atoms with E-state index >= 15 is 0 Å². The number of aliphatic carboxylic acids is 1. The van der Waals surface area contributed by atoms with Crippen LogP contribution in [-0.2, 0) is 4.79 Å². The number of para-hydroxylation sites is 1. The molecule has 23 heavy (non-hydrogen) atoms. The number of ether oxygens (including phenoxy) is 1. The van der Waals surface area contributed by atoms with E-state index in [1.165, 1.54) is 6.92 Å². The number of carboxylic acids is 1. The van der Waals surface area contributed by atoms with Crippen molar-refractivity contribution < 1.29 is 23.5 Å². The molecule has 0 amide bonds. The van der Waals surface area contributed by atoms with E-state index < -0.39 is 17.5 Å². The molecular weight excluding hydrogens is 368 g/mol. The molecule has 0 aliphatic heterocycles. The van der Waals surface area contributed by atoms with Gasteiger partial charge < -0.3 is 23.5 Å². The van der Waals surface area contributed by atoms with Crippen molar-refractivity contribution in [3.8, 4) is 17.3 Å². The molecule has 3 aromatic rings. The molecule has 0 bridgehead atoms. The van der Waals surface area contributed by atoms with Gasteiger partial charge in [0.1, 0.15) is 11.7 Å². The zero-order chi connectivity index (χ0) is 16.6. The van der Waals surface area contributed by atoms with Crippen LogP contribution in [0.1, 0.15) is 6.92 Å². The smallest absolute Gasteiger partial charge is 0.235 e. The van der Waals surface area contributed by atoms with Gasteiger partial charge >= 0.3 is 0 Å². The molecule has 7 heteroatoms. The minimum absolute atomic E-state index is 0.0208. The van der Waals surface area contributed by atoms with E-state index in [-0.39, 0.29) is 22.7 Å². The summed E-state index contributed by atoms with van der Waals surface area (Å²) >= 11 is 3.16. The van der Waals surface area contributed by atoms with Gasteiger partial charge in [-0.15, -0.1) is 0 Å². The van der Waals surface area contributed by atoms with Crippen molar-refractivity contribution in [3.05, 3.63) is 51.3 Å². The quantitative estimate of drug-likeness (QED) is 0.692. The highest BCUT2D eigenvalue weighted by Crippen LogP contribution is 2.33. The van der Waals surface area contributed by atoms with Gasteiger partial charge in [0.05, 0.1) is 11.4 Å². The fraction of sp³-hybridized carbons (Fsp3) is 0.125. The third-order valence-electron chi connectivity index (χ3n) is 3.18. The summed E-state index contributed by atoms with van der Waals surface area (Å²) in [6.45, 7) is 1.27. The number of benzene rings is 1. The molecule has 0 radical (unpaired) electrons. The normalized spacial score (nSPS) is 12.3. The number of hydrogen-bond acceptors (Lipinski definition) is 6. The molecule has 6 nitrogen and oxygen atoms in total. The molecule has 0 saturated heterocycles. The Morgan fingerprint density at radius 3 is 2.61 bits per heavy atom. The molecule has 2 aromatic heterocycles. The number of carbonyl (C=O) groups excluding carboxylic acids is 1. The Morgan fingerprint density at radius 1 is 1.22 bits per heavy atom. The number of fused-ring (bicyclic) bond motifs is 1. The predicted molar refractivity (Wildman–Crippen MR) is 83.0 cm³/mol. The molecular formula is C16H10BrO6-. The second kappa shape index (κ2) is 5.92. The molecule has 0 spiro atoms. The third kappa shape index (κ3) is 2.87. The highest BCUT2D eigenvalue weighted by atomic mass is 79.9. The van der Waals surface area contributed by atoms with Gasteiger partial charge in [-0.2, -0.15) is 0 Å². The van der Waals surface area contributed by atoms with Gasteiger partial charge in [0.15, 0.2) is 10.4 Å². The van der Waals surface area contributed by atoms with Crippen LogP contribution in [0.2, 0.25) is 0 Å². The number of carbonyl (C=O) groups is 1. The van der Waals surface area contributed by atoms with Gasteiger partial charge in [-0.1, -0.05) is 12.1 Å². The van der Waals surface area contributed by atoms with E-state index in [9.17, 15) is 14.7 Å². The molecule has 2 heterocycles. The average Bonchev–Trinajstić information content (AvgIpc) is 2.96. The van der Waals surface area contributed by atoms with Gasteiger partial charge in [-0.3, -0.25) is 4.79 Å². The second-order valence-electron chi connectivity index (χ2n) is 4.77. The number of carboxylic acid groups (broad SMARTS) is 1. The summed E-state index contributed by atoms with van der Waals surface area (Å²) in [6.07, 6.45) is -1.32. The zero-order valence-electron chi connectivity index (χ0n) is 11.9. The highest BCUT2D eigenvalue weighted by Gasteiger charge is 2.22. The summed E-state index contributed by atoms with van der Waals surface area (Å²) in [6, 6.07) is 9.79. The molecule has 1 atom stereocenters. The lowest BCUT2D eigenvalue weighted by atomic mass is 10.2. The minimum Gasteiger partial charge on any atom is -0.546 e. The fourth-order valence-corrected chi connectivity index (χ4v) is 2.36. The molecule has 1 aromatic carbocycles. The van der Waals surface area contributed by atoms with Crippen LogP contribution in [0.3, 0.4) is 0 Å². The lowest BCUT2D eigenvalue weighted by Gasteiger charge is -2.16. The Kier molecular flexibility index (Phi) is 3.96. The molecule has 0 aliphatic rings. The topological polar surface area (TPSA) is 92.7 Å². The molecule has 0 aliphatic carbocycles. The molecule has 0 N–H and O–H groups in total. The van der Waals surface area contributed by atoms with Crippen LogP contribution in [0.5, 0.6) is 5.75 Å². The Hall–Kier alpha value is -2.54. The Morgan fingerprint density at radius 2 is 1.96 bits per heavy atom. The standard InChI is InChI=1S/C16H11BrO6/c1-8(16(19)20)21-15-13(18)9-4-2-3-5-10(9)23-14(15)11-6-7-12(17)22-11/h2-8H,1H3,(H,19,20)/p-1. The molecule has 1 unspecified atom stereocenters. The molecule has 0 fully saturated rings. The highest BCUT2D eigenvalue weighted by molar-refractivity contribution is 9.10. The van der Waals surface area contributed by atoms with Crippen molar-refractivity contribution in [2.75, 3.05) is 0 Å². The predicted octanol–water partition coefficient (Wildman–Crippen LogP) is 2.33. The van der Waals surface area contributed by atoms with Crippen LogP contribution in [0.15, 0.2) is 54.7 Å². The Balaban J connectivity index is 2.27. The maximum Gasteiger partial charge on any atom is 0.235 e. The summed E-state index contributed by atoms with van der Waals surface area (Å²) in [5.74, 6) is -1.42. The van der Waals surface area contributed by atoms with E-state index in [4.69, 9.17) is 13.6 Å². The summed E-state index contributed by atoms with van der Waals surface area (Å²) in [5, 5.41) is 11.2. The monoisotopic (exact) mass is 377 g/mol. The van der Waals surface area contributed by atoms with E-state index in [1.807, 2.05) is 0 Å². The Labute approximate surface area is 138 Å². The van der Waals surface area contributed by atoms with Crippen molar-refractivity contribution in [2.45, 2.75) is 13.0 Å². The van der Waals surface area contributed by atoms with Crippen molar-refractivity contribution in [1.29, 1.82) is 0 Å². The summed E-state index contributed by atoms with van der Waals surface area (Å²) in [7, 11) is 0. The van der Waals surface area contributed by atoms with Gasteiger partial charge in [0, 0.05) is 0 Å². The van der Waals surface area contributed by atoms with Crippen LogP contribution in [0.4, 0.5) is 0 Å². The maximum atomic E-state index is 12.6. The van der Waals surface area contributed by atoms with Crippen molar-refractivity contribution in [2.24, 2.45) is 0 Å². The summed E-state index contributed by atoms with van der Waals surface area (Å²) in [4.78, 5) is 23.6. The van der Waals surface area contributed by atoms with E-state index in [1.54, 1.807) is 36.4 Å². The first kappa shape index (κ1) is 15.4. The van der Waals surface area contributed by atoms with E-state index in [0.717, 1.165) is 0 Å². The van der Waals surface area contributed by atoms with Crippen molar-refractivity contribution in [3.63, 3.8) is 0 Å². The van der Waals surface area contributed by atoms with Crippen LogP contribution in [0.25, 0.3) is 22.5 Å². The number of furan rings is 1. The Bertz CT molecular complexity index is 939. The van der Waals surface area contributed by atoms with Gasteiger partial charge in [0.2, 0.25) is 16.9 Å². The van der Waals surface area contributed by atoms with Crippen molar-refractivity contribution >= 4 is 32.9 Å². The lowest BCUT2D eigenvalue weighted by molar-refractivity contribution is -0.312. The minimum atomic E-state index is -1.44. The second-order valence-corrected chi connectivity index (χ2v) is 5.55. The van der Waals surface area contributed by atoms with Crippen LogP contribution < -0.4 is 15.3 Å². The maximum absolute atomic E-state index is 12.6. The molecule has 118 valence electrons.